The van der Waals surface area contributed by atoms with E-state index in [0.717, 1.165) is 0 Å². The van der Waals surface area contributed by atoms with Gasteiger partial charge in [-0.15, -0.1) is 0 Å². The number of nitrogens with zero attached hydrogens (tertiary/aromatic N) is 1. The number of nitriles is 1. The van der Waals surface area contributed by atoms with Gasteiger partial charge in [0.1, 0.15) is 12.6 Å². The first-order valence-corrected chi connectivity index (χ1v) is 4.80. The molecule has 6 heteroatoms. The van der Waals surface area contributed by atoms with Crippen LogP contribution in [0.2, 0.25) is 0 Å². The Morgan fingerprint density at radius 3 is 2.50 bits per heavy atom. The Morgan fingerprint density at radius 2 is 2.06 bits per heavy atom. The molecule has 0 saturated carbocycles. The Morgan fingerprint density at radius 1 is 1.44 bits per heavy atom. The molecule has 0 aromatic carbocycles. The van der Waals surface area contributed by atoms with Crippen LogP contribution >= 0.6 is 0 Å². The Labute approximate surface area is 94.5 Å². The van der Waals surface area contributed by atoms with Crippen molar-refractivity contribution in [3.8, 4) is 6.07 Å². The molecule has 16 heavy (non-hydrogen) atoms. The van der Waals surface area contributed by atoms with Crippen LogP contribution in [0, 0.1) is 17.2 Å². The smallest absolute Gasteiger partial charge is 0.328 e. The molecule has 0 aromatic rings. The molecular weight excluding hydrogens is 212 g/mol. The van der Waals surface area contributed by atoms with E-state index in [-0.39, 0.29) is 18.9 Å². The summed E-state index contributed by atoms with van der Waals surface area (Å²) in [7, 11) is 2.61. The minimum atomic E-state index is -0.803. The van der Waals surface area contributed by atoms with E-state index in [1.807, 2.05) is 6.07 Å². The van der Waals surface area contributed by atoms with Gasteiger partial charge in [0.05, 0.1) is 13.2 Å². The third-order valence-corrected chi connectivity index (χ3v) is 1.91. The number of hydrogen-bond donors (Lipinski definition) is 1. The standard InChI is InChI=1S/C10H16N2O4/c1-7(5-11)4-8(10(14)16-3)12-9(13)6-15-2/h7-8H,4,6H2,1-3H3,(H,12,13)/t7-,8+/m0/s1. The molecule has 0 aliphatic rings. The van der Waals surface area contributed by atoms with Crippen molar-refractivity contribution >= 4 is 11.9 Å². The maximum absolute atomic E-state index is 11.3. The number of hydrogen-bond acceptors (Lipinski definition) is 5. The van der Waals surface area contributed by atoms with E-state index in [0.29, 0.717) is 0 Å². The molecule has 0 unspecified atom stereocenters. The average Bonchev–Trinajstić information content (AvgIpc) is 2.27. The summed E-state index contributed by atoms with van der Waals surface area (Å²) in [5.74, 6) is -1.32. The van der Waals surface area contributed by atoms with E-state index in [9.17, 15) is 9.59 Å². The number of rotatable bonds is 6. The molecule has 0 rings (SSSR count). The first kappa shape index (κ1) is 14.4. The number of amides is 1. The Hall–Kier alpha value is -1.61. The molecule has 0 saturated heterocycles. The summed E-state index contributed by atoms with van der Waals surface area (Å²) in [4.78, 5) is 22.5. The summed E-state index contributed by atoms with van der Waals surface area (Å²) in [5, 5.41) is 11.1. The van der Waals surface area contributed by atoms with Gasteiger partial charge in [-0.3, -0.25) is 4.79 Å². The molecule has 0 aromatic heterocycles. The van der Waals surface area contributed by atoms with Crippen molar-refractivity contribution in [2.24, 2.45) is 5.92 Å². The average molecular weight is 228 g/mol. The predicted octanol–water partition coefficient (Wildman–Crippen LogP) is -0.160. The van der Waals surface area contributed by atoms with Crippen LogP contribution in [0.4, 0.5) is 0 Å². The van der Waals surface area contributed by atoms with Crippen molar-refractivity contribution in [3.05, 3.63) is 0 Å². The van der Waals surface area contributed by atoms with Gasteiger partial charge in [0.2, 0.25) is 5.91 Å². The lowest BCUT2D eigenvalue weighted by Crippen LogP contribution is -2.43. The summed E-state index contributed by atoms with van der Waals surface area (Å²) in [5.41, 5.74) is 0. The quantitative estimate of drug-likeness (QED) is 0.638. The van der Waals surface area contributed by atoms with Crippen molar-refractivity contribution in [3.63, 3.8) is 0 Å². The number of nitrogens with one attached hydrogen (secondary N) is 1. The largest absolute Gasteiger partial charge is 0.467 e. The van der Waals surface area contributed by atoms with Gasteiger partial charge in [0, 0.05) is 13.0 Å². The van der Waals surface area contributed by atoms with Gasteiger partial charge in [-0.05, 0) is 13.3 Å². The van der Waals surface area contributed by atoms with Gasteiger partial charge in [0.15, 0.2) is 0 Å². The zero-order valence-corrected chi connectivity index (χ0v) is 9.65. The van der Waals surface area contributed by atoms with Crippen LogP contribution in [0.1, 0.15) is 13.3 Å². The minimum absolute atomic E-state index is 0.131. The van der Waals surface area contributed by atoms with Crippen molar-refractivity contribution < 1.29 is 19.1 Å². The highest BCUT2D eigenvalue weighted by Crippen LogP contribution is 2.06. The van der Waals surface area contributed by atoms with E-state index in [2.05, 4.69) is 14.8 Å². The second-order valence-electron chi connectivity index (χ2n) is 3.34. The molecule has 0 heterocycles. The molecule has 2 atom stereocenters. The molecule has 0 spiro atoms. The lowest BCUT2D eigenvalue weighted by atomic mass is 10.0. The van der Waals surface area contributed by atoms with Crippen molar-refractivity contribution in [1.29, 1.82) is 5.26 Å². The molecule has 0 aliphatic heterocycles. The van der Waals surface area contributed by atoms with E-state index >= 15 is 0 Å². The summed E-state index contributed by atoms with van der Waals surface area (Å²) in [6, 6.07) is 1.19. The topological polar surface area (TPSA) is 88.4 Å². The third-order valence-electron chi connectivity index (χ3n) is 1.91. The number of ether oxygens (including phenoxy) is 2. The number of methoxy groups -OCH3 is 2. The second-order valence-corrected chi connectivity index (χ2v) is 3.34. The number of carbonyl (C=O) groups is 2. The Kier molecular flexibility index (Phi) is 6.88. The molecule has 0 aliphatic carbocycles. The first-order chi connectivity index (χ1) is 7.54. The van der Waals surface area contributed by atoms with Gasteiger partial charge in [-0.1, -0.05) is 0 Å². The summed E-state index contributed by atoms with van der Waals surface area (Å²) < 4.78 is 9.15. The van der Waals surface area contributed by atoms with Gasteiger partial charge in [0.25, 0.3) is 0 Å². The maximum Gasteiger partial charge on any atom is 0.328 e. The number of esters is 1. The van der Waals surface area contributed by atoms with Crippen LogP contribution in [-0.2, 0) is 19.1 Å². The van der Waals surface area contributed by atoms with Gasteiger partial charge < -0.3 is 14.8 Å². The van der Waals surface area contributed by atoms with Gasteiger partial charge in [-0.25, -0.2) is 4.79 Å². The fourth-order valence-corrected chi connectivity index (χ4v) is 1.13. The van der Waals surface area contributed by atoms with E-state index in [4.69, 9.17) is 5.26 Å². The molecule has 90 valence electrons. The molecule has 0 fully saturated rings. The van der Waals surface area contributed by atoms with E-state index in [1.54, 1.807) is 6.92 Å². The minimum Gasteiger partial charge on any atom is -0.467 e. The highest BCUT2D eigenvalue weighted by Gasteiger charge is 2.23. The maximum atomic E-state index is 11.3. The van der Waals surface area contributed by atoms with Crippen molar-refractivity contribution in [2.45, 2.75) is 19.4 Å². The molecule has 0 radical (unpaired) electrons. The number of carbonyl (C=O) groups excluding carboxylic acids is 2. The SMILES string of the molecule is COCC(=O)N[C@H](C[C@H](C)C#N)C(=O)OC. The second kappa shape index (κ2) is 7.65. The molecule has 6 nitrogen and oxygen atoms in total. The Balaban J connectivity index is 4.38. The summed E-state index contributed by atoms with van der Waals surface area (Å²) >= 11 is 0. The fraction of sp³-hybridized carbons (Fsp3) is 0.700. The molecule has 0 bridgehead atoms. The molecule has 1 amide bonds. The highest BCUT2D eigenvalue weighted by atomic mass is 16.5. The summed E-state index contributed by atoms with van der Waals surface area (Å²) in [6.07, 6.45) is 0.221. The molecule has 1 N–H and O–H groups in total. The van der Waals surface area contributed by atoms with E-state index in [1.165, 1.54) is 14.2 Å². The molecular formula is C10H16N2O4. The van der Waals surface area contributed by atoms with Crippen LogP contribution in [-0.4, -0.2) is 38.7 Å². The summed E-state index contributed by atoms with van der Waals surface area (Å²) in [6.45, 7) is 1.53. The van der Waals surface area contributed by atoms with E-state index < -0.39 is 17.9 Å². The van der Waals surface area contributed by atoms with Crippen LogP contribution in [0.15, 0.2) is 0 Å². The van der Waals surface area contributed by atoms with Gasteiger partial charge in [-0.2, -0.15) is 5.26 Å². The monoisotopic (exact) mass is 228 g/mol. The lowest BCUT2D eigenvalue weighted by molar-refractivity contribution is -0.145. The van der Waals surface area contributed by atoms with Crippen molar-refractivity contribution in [2.75, 3.05) is 20.8 Å². The highest BCUT2D eigenvalue weighted by molar-refractivity contribution is 5.85. The predicted molar refractivity (Wildman–Crippen MR) is 55.2 cm³/mol. The fourth-order valence-electron chi connectivity index (χ4n) is 1.13. The third kappa shape index (κ3) is 5.32. The first-order valence-electron chi connectivity index (χ1n) is 4.80. The van der Waals surface area contributed by atoms with Crippen LogP contribution in [0.3, 0.4) is 0 Å². The van der Waals surface area contributed by atoms with Crippen LogP contribution < -0.4 is 5.32 Å². The van der Waals surface area contributed by atoms with Gasteiger partial charge >= 0.3 is 5.97 Å². The van der Waals surface area contributed by atoms with Crippen LogP contribution in [0.25, 0.3) is 0 Å². The van der Waals surface area contributed by atoms with Crippen LogP contribution in [0.5, 0.6) is 0 Å². The van der Waals surface area contributed by atoms with Crippen molar-refractivity contribution in [1.82, 2.24) is 5.32 Å². The zero-order valence-electron chi connectivity index (χ0n) is 9.65. The lowest BCUT2D eigenvalue weighted by Gasteiger charge is -2.16. The zero-order chi connectivity index (χ0) is 12.6. The Bertz CT molecular complexity index is 285. The normalized spacial score (nSPS) is 13.4.